The van der Waals surface area contributed by atoms with Gasteiger partial charge >= 0.3 is 0 Å². The van der Waals surface area contributed by atoms with Crippen molar-refractivity contribution in [2.75, 3.05) is 18.8 Å². The van der Waals surface area contributed by atoms with Crippen LogP contribution in [-0.2, 0) is 11.2 Å². The van der Waals surface area contributed by atoms with E-state index < -0.39 is 0 Å². The summed E-state index contributed by atoms with van der Waals surface area (Å²) in [6.07, 6.45) is 3.45. The van der Waals surface area contributed by atoms with Gasteiger partial charge in [0.15, 0.2) is 0 Å². The van der Waals surface area contributed by atoms with Gasteiger partial charge in [-0.1, -0.05) is 12.1 Å². The molecular formula is C15H20FNOS. The molecule has 0 spiro atoms. The minimum absolute atomic E-state index is 0.168. The molecule has 1 heterocycles. The van der Waals surface area contributed by atoms with Crippen molar-refractivity contribution in [3.8, 4) is 0 Å². The van der Waals surface area contributed by atoms with E-state index in [-0.39, 0.29) is 11.7 Å². The zero-order chi connectivity index (χ0) is 13.7. The first-order chi connectivity index (χ1) is 9.19. The Bertz CT molecular complexity index is 430. The van der Waals surface area contributed by atoms with Crippen LogP contribution in [0.5, 0.6) is 0 Å². The van der Waals surface area contributed by atoms with E-state index in [1.54, 1.807) is 12.1 Å². The molecule has 0 bridgehead atoms. The molecule has 0 saturated carbocycles. The molecule has 0 unspecified atom stereocenters. The zero-order valence-corrected chi connectivity index (χ0v) is 11.9. The van der Waals surface area contributed by atoms with Crippen LogP contribution in [-0.4, -0.2) is 29.6 Å². The maximum absolute atomic E-state index is 13.1. The number of benzene rings is 1. The van der Waals surface area contributed by atoms with Crippen LogP contribution in [0.25, 0.3) is 0 Å². The summed E-state index contributed by atoms with van der Waals surface area (Å²) in [5.41, 5.74) is 1.06. The third kappa shape index (κ3) is 4.23. The number of likely N-dealkylation sites (tertiary alicyclic amines) is 1. The summed E-state index contributed by atoms with van der Waals surface area (Å²) < 4.78 is 13.1. The van der Waals surface area contributed by atoms with Gasteiger partial charge in [-0.2, -0.15) is 12.6 Å². The van der Waals surface area contributed by atoms with Crippen molar-refractivity contribution in [2.45, 2.75) is 25.7 Å². The van der Waals surface area contributed by atoms with E-state index in [1.807, 2.05) is 11.0 Å². The highest BCUT2D eigenvalue weighted by Crippen LogP contribution is 2.22. The zero-order valence-electron chi connectivity index (χ0n) is 11.0. The molecule has 1 aliphatic rings. The summed E-state index contributed by atoms with van der Waals surface area (Å²) in [4.78, 5) is 13.7. The molecular weight excluding hydrogens is 261 g/mol. The molecule has 104 valence electrons. The summed E-state index contributed by atoms with van der Waals surface area (Å²) in [6.45, 7) is 1.65. The first-order valence-corrected chi connectivity index (χ1v) is 7.45. The maximum Gasteiger partial charge on any atom is 0.223 e. The van der Waals surface area contributed by atoms with Crippen molar-refractivity contribution in [3.63, 3.8) is 0 Å². The van der Waals surface area contributed by atoms with Crippen LogP contribution in [0.15, 0.2) is 24.3 Å². The van der Waals surface area contributed by atoms with Gasteiger partial charge in [0, 0.05) is 19.5 Å². The number of hydrogen-bond donors (Lipinski definition) is 1. The fourth-order valence-corrected chi connectivity index (χ4v) is 2.83. The van der Waals surface area contributed by atoms with E-state index in [1.165, 1.54) is 6.07 Å². The Hall–Kier alpha value is -1.03. The standard InChI is InChI=1S/C15H20FNOS/c16-14-3-1-2-13(11-14)10-12-4-7-17(8-5-12)15(18)6-9-19/h1-3,11-12,19H,4-10H2. The van der Waals surface area contributed by atoms with Crippen molar-refractivity contribution >= 4 is 18.5 Å². The van der Waals surface area contributed by atoms with Crippen molar-refractivity contribution in [1.82, 2.24) is 4.90 Å². The molecule has 0 aliphatic carbocycles. The van der Waals surface area contributed by atoms with Gasteiger partial charge in [0.1, 0.15) is 5.82 Å². The molecule has 0 aromatic heterocycles. The molecule has 1 saturated heterocycles. The molecule has 0 atom stereocenters. The van der Waals surface area contributed by atoms with Crippen molar-refractivity contribution in [3.05, 3.63) is 35.6 Å². The lowest BCUT2D eigenvalue weighted by molar-refractivity contribution is -0.132. The van der Waals surface area contributed by atoms with Crippen LogP contribution in [0.3, 0.4) is 0 Å². The van der Waals surface area contributed by atoms with E-state index in [0.717, 1.165) is 37.9 Å². The van der Waals surface area contributed by atoms with E-state index in [4.69, 9.17) is 0 Å². The topological polar surface area (TPSA) is 20.3 Å². The number of piperidine rings is 1. The molecule has 2 nitrogen and oxygen atoms in total. The van der Waals surface area contributed by atoms with Gasteiger partial charge in [-0.3, -0.25) is 4.79 Å². The number of carbonyl (C=O) groups is 1. The summed E-state index contributed by atoms with van der Waals surface area (Å²) in [5.74, 6) is 1.21. The fraction of sp³-hybridized carbons (Fsp3) is 0.533. The van der Waals surface area contributed by atoms with Gasteiger partial charge in [-0.15, -0.1) is 0 Å². The summed E-state index contributed by atoms with van der Waals surface area (Å²) in [5, 5.41) is 0. The number of halogens is 1. The van der Waals surface area contributed by atoms with Crippen molar-refractivity contribution in [2.24, 2.45) is 5.92 Å². The van der Waals surface area contributed by atoms with Gasteiger partial charge in [0.25, 0.3) is 0 Å². The minimum atomic E-state index is -0.168. The summed E-state index contributed by atoms with van der Waals surface area (Å²) >= 11 is 4.09. The molecule has 0 radical (unpaired) electrons. The normalized spacial score (nSPS) is 16.6. The first kappa shape index (κ1) is 14.4. The van der Waals surface area contributed by atoms with Crippen molar-refractivity contribution in [1.29, 1.82) is 0 Å². The Morgan fingerprint density at radius 3 is 2.74 bits per heavy atom. The largest absolute Gasteiger partial charge is 0.343 e. The number of hydrogen-bond acceptors (Lipinski definition) is 2. The molecule has 1 fully saturated rings. The van der Waals surface area contributed by atoms with Crippen LogP contribution in [0.4, 0.5) is 4.39 Å². The van der Waals surface area contributed by atoms with Gasteiger partial charge < -0.3 is 4.90 Å². The molecule has 4 heteroatoms. The van der Waals surface area contributed by atoms with Gasteiger partial charge in [0.05, 0.1) is 0 Å². The van der Waals surface area contributed by atoms with E-state index in [9.17, 15) is 9.18 Å². The van der Waals surface area contributed by atoms with Crippen LogP contribution in [0.2, 0.25) is 0 Å². The molecule has 0 N–H and O–H groups in total. The Balaban J connectivity index is 1.82. The molecule has 1 aliphatic heterocycles. The van der Waals surface area contributed by atoms with Crippen molar-refractivity contribution < 1.29 is 9.18 Å². The second-order valence-corrected chi connectivity index (χ2v) is 5.58. The summed E-state index contributed by atoms with van der Waals surface area (Å²) in [7, 11) is 0. The Morgan fingerprint density at radius 1 is 1.37 bits per heavy atom. The van der Waals surface area contributed by atoms with Gasteiger partial charge in [-0.05, 0) is 48.6 Å². The van der Waals surface area contributed by atoms with E-state index in [0.29, 0.717) is 18.1 Å². The second-order valence-electron chi connectivity index (χ2n) is 5.13. The number of nitrogens with zero attached hydrogens (tertiary/aromatic N) is 1. The van der Waals surface area contributed by atoms with Crippen LogP contribution in [0.1, 0.15) is 24.8 Å². The SMILES string of the molecule is O=C(CCS)N1CCC(Cc2cccc(F)c2)CC1. The predicted octanol–water partition coefficient (Wildman–Crippen LogP) is 2.93. The quantitative estimate of drug-likeness (QED) is 0.841. The van der Waals surface area contributed by atoms with Gasteiger partial charge in [-0.25, -0.2) is 4.39 Å². The van der Waals surface area contributed by atoms with E-state index in [2.05, 4.69) is 12.6 Å². The monoisotopic (exact) mass is 281 g/mol. The molecule has 1 aromatic rings. The lowest BCUT2D eigenvalue weighted by atomic mass is 9.90. The highest BCUT2D eigenvalue weighted by molar-refractivity contribution is 7.80. The maximum atomic E-state index is 13.1. The van der Waals surface area contributed by atoms with Gasteiger partial charge in [0.2, 0.25) is 5.91 Å². The number of rotatable bonds is 4. The predicted molar refractivity (Wildman–Crippen MR) is 77.9 cm³/mol. The smallest absolute Gasteiger partial charge is 0.223 e. The number of carbonyl (C=O) groups excluding carboxylic acids is 1. The average molecular weight is 281 g/mol. The Kier molecular flexibility index (Phi) is 5.25. The number of thiol groups is 1. The third-order valence-electron chi connectivity index (χ3n) is 3.71. The second kappa shape index (κ2) is 6.94. The number of amides is 1. The first-order valence-electron chi connectivity index (χ1n) is 6.82. The summed E-state index contributed by atoms with van der Waals surface area (Å²) in [6, 6.07) is 6.82. The highest BCUT2D eigenvalue weighted by Gasteiger charge is 2.22. The fourth-order valence-electron chi connectivity index (χ4n) is 2.64. The molecule has 19 heavy (non-hydrogen) atoms. The van der Waals surface area contributed by atoms with Crippen LogP contribution >= 0.6 is 12.6 Å². The Morgan fingerprint density at radius 2 is 2.11 bits per heavy atom. The van der Waals surface area contributed by atoms with Crippen LogP contribution in [0, 0.1) is 11.7 Å². The average Bonchev–Trinajstić information content (AvgIpc) is 2.40. The lowest BCUT2D eigenvalue weighted by Gasteiger charge is -2.32. The highest BCUT2D eigenvalue weighted by atomic mass is 32.1. The lowest BCUT2D eigenvalue weighted by Crippen LogP contribution is -2.39. The molecule has 2 rings (SSSR count). The molecule has 1 amide bonds. The Labute approximate surface area is 119 Å². The minimum Gasteiger partial charge on any atom is -0.343 e. The van der Waals surface area contributed by atoms with Crippen LogP contribution < -0.4 is 0 Å². The third-order valence-corrected chi connectivity index (χ3v) is 3.93. The van der Waals surface area contributed by atoms with E-state index >= 15 is 0 Å². The molecule has 1 aromatic carbocycles.